The highest BCUT2D eigenvalue weighted by Crippen LogP contribution is 2.14. The Kier molecular flexibility index (Phi) is 5.57. The summed E-state index contributed by atoms with van der Waals surface area (Å²) in [6.45, 7) is 1.88. The Bertz CT molecular complexity index is 507. The van der Waals surface area contributed by atoms with Crippen LogP contribution >= 0.6 is 0 Å². The summed E-state index contributed by atoms with van der Waals surface area (Å²) in [6, 6.07) is 6.07. The molecule has 0 aliphatic heterocycles. The van der Waals surface area contributed by atoms with Crippen molar-refractivity contribution in [3.05, 3.63) is 41.2 Å². The monoisotopic (exact) mass is 263 g/mol. The lowest BCUT2D eigenvalue weighted by atomic mass is 10.0. The van der Waals surface area contributed by atoms with Gasteiger partial charge in [0.1, 0.15) is 5.82 Å². The van der Waals surface area contributed by atoms with Gasteiger partial charge in [-0.05, 0) is 33.2 Å². The zero-order valence-electron chi connectivity index (χ0n) is 11.4. The first kappa shape index (κ1) is 15.2. The number of Topliss-reactive ketones (excluding diaryl/α,β-unsaturated/α-hetero) is 2. The van der Waals surface area contributed by atoms with Crippen molar-refractivity contribution in [2.75, 3.05) is 20.6 Å². The van der Waals surface area contributed by atoms with E-state index in [1.54, 1.807) is 12.1 Å². The quantitative estimate of drug-likeness (QED) is 0.449. The highest BCUT2D eigenvalue weighted by atomic mass is 19.1. The van der Waals surface area contributed by atoms with Crippen LogP contribution in [0.5, 0.6) is 0 Å². The zero-order chi connectivity index (χ0) is 14.4. The normalized spacial score (nSPS) is 11.7. The van der Waals surface area contributed by atoms with Gasteiger partial charge in [-0.3, -0.25) is 9.59 Å². The van der Waals surface area contributed by atoms with Crippen LogP contribution in [0.4, 0.5) is 4.39 Å². The SMILES string of the molecule is CC(=O)/C(=C\c1ccccc1F)C(=O)CCN(C)C. The molecule has 0 aliphatic rings. The number of carbonyl (C=O) groups excluding carboxylic acids is 2. The molecule has 0 radical (unpaired) electrons. The van der Waals surface area contributed by atoms with Gasteiger partial charge in [0.2, 0.25) is 0 Å². The first-order valence-corrected chi connectivity index (χ1v) is 6.07. The Morgan fingerprint density at radius 1 is 1.26 bits per heavy atom. The molecule has 1 rings (SSSR count). The van der Waals surface area contributed by atoms with Crippen LogP contribution in [-0.4, -0.2) is 37.1 Å². The molecule has 0 saturated heterocycles. The molecular formula is C15H18FNO2. The fourth-order valence-electron chi connectivity index (χ4n) is 1.59. The molecule has 102 valence electrons. The Labute approximate surface area is 112 Å². The molecule has 3 nitrogen and oxygen atoms in total. The van der Waals surface area contributed by atoms with Crippen LogP contribution in [0.3, 0.4) is 0 Å². The Hall–Kier alpha value is -1.81. The van der Waals surface area contributed by atoms with Crippen molar-refractivity contribution in [1.82, 2.24) is 4.90 Å². The van der Waals surface area contributed by atoms with E-state index in [2.05, 4.69) is 0 Å². The van der Waals surface area contributed by atoms with E-state index >= 15 is 0 Å². The predicted octanol–water partition coefficient (Wildman–Crippen LogP) is 2.32. The number of hydrogen-bond donors (Lipinski definition) is 0. The van der Waals surface area contributed by atoms with Crippen molar-refractivity contribution in [3.8, 4) is 0 Å². The van der Waals surface area contributed by atoms with Gasteiger partial charge in [-0.1, -0.05) is 18.2 Å². The summed E-state index contributed by atoms with van der Waals surface area (Å²) in [6.07, 6.45) is 1.57. The third kappa shape index (κ3) is 4.75. The summed E-state index contributed by atoms with van der Waals surface area (Å²) in [7, 11) is 3.70. The van der Waals surface area contributed by atoms with Crippen LogP contribution in [0, 0.1) is 5.82 Å². The van der Waals surface area contributed by atoms with Gasteiger partial charge in [0.15, 0.2) is 11.6 Å². The first-order valence-electron chi connectivity index (χ1n) is 6.07. The van der Waals surface area contributed by atoms with E-state index in [0.717, 1.165) is 0 Å². The van der Waals surface area contributed by atoms with Gasteiger partial charge in [0.05, 0.1) is 5.57 Å². The lowest BCUT2D eigenvalue weighted by Crippen LogP contribution is -2.19. The molecule has 0 unspecified atom stereocenters. The predicted molar refractivity (Wildman–Crippen MR) is 73.2 cm³/mol. The van der Waals surface area contributed by atoms with E-state index in [-0.39, 0.29) is 29.1 Å². The highest BCUT2D eigenvalue weighted by molar-refractivity contribution is 6.22. The average molecular weight is 263 g/mol. The maximum Gasteiger partial charge on any atom is 0.167 e. The Morgan fingerprint density at radius 2 is 1.89 bits per heavy atom. The number of nitrogens with zero attached hydrogens (tertiary/aromatic N) is 1. The van der Waals surface area contributed by atoms with Crippen molar-refractivity contribution in [2.45, 2.75) is 13.3 Å². The van der Waals surface area contributed by atoms with Gasteiger partial charge in [0, 0.05) is 18.5 Å². The second-order valence-corrected chi connectivity index (χ2v) is 4.61. The highest BCUT2D eigenvalue weighted by Gasteiger charge is 2.15. The van der Waals surface area contributed by atoms with Gasteiger partial charge < -0.3 is 4.90 Å². The largest absolute Gasteiger partial charge is 0.309 e. The Balaban J connectivity index is 2.98. The van der Waals surface area contributed by atoms with Gasteiger partial charge >= 0.3 is 0 Å². The minimum Gasteiger partial charge on any atom is -0.309 e. The first-order chi connectivity index (χ1) is 8.91. The summed E-state index contributed by atoms with van der Waals surface area (Å²) >= 11 is 0. The van der Waals surface area contributed by atoms with Gasteiger partial charge in [-0.2, -0.15) is 0 Å². The van der Waals surface area contributed by atoms with E-state index in [4.69, 9.17) is 0 Å². The third-order valence-corrected chi connectivity index (χ3v) is 2.67. The maximum atomic E-state index is 13.5. The Morgan fingerprint density at radius 3 is 2.42 bits per heavy atom. The van der Waals surface area contributed by atoms with Crippen molar-refractivity contribution in [3.63, 3.8) is 0 Å². The number of allylic oxidation sites excluding steroid dienone is 1. The molecule has 0 saturated carbocycles. The van der Waals surface area contributed by atoms with Crippen molar-refractivity contribution >= 4 is 17.6 Å². The summed E-state index contributed by atoms with van der Waals surface area (Å²) in [5.74, 6) is -1.04. The summed E-state index contributed by atoms with van der Waals surface area (Å²) < 4.78 is 13.5. The van der Waals surface area contributed by atoms with Crippen molar-refractivity contribution in [2.24, 2.45) is 0 Å². The number of carbonyl (C=O) groups is 2. The molecule has 0 fully saturated rings. The van der Waals surface area contributed by atoms with Crippen LogP contribution in [0.25, 0.3) is 6.08 Å². The molecule has 0 atom stereocenters. The molecule has 0 heterocycles. The summed E-state index contributed by atoms with van der Waals surface area (Å²) in [4.78, 5) is 25.3. The van der Waals surface area contributed by atoms with E-state index in [1.807, 2.05) is 19.0 Å². The molecule has 0 N–H and O–H groups in total. The fourth-order valence-corrected chi connectivity index (χ4v) is 1.59. The van der Waals surface area contributed by atoms with Crippen LogP contribution in [0.15, 0.2) is 29.8 Å². The zero-order valence-corrected chi connectivity index (χ0v) is 11.4. The standard InChI is InChI=1S/C15H18FNO2/c1-11(18)13(15(19)8-9-17(2)3)10-12-6-4-5-7-14(12)16/h4-7,10H,8-9H2,1-3H3/b13-10+. The summed E-state index contributed by atoms with van der Waals surface area (Å²) in [5, 5.41) is 0. The molecule has 1 aromatic carbocycles. The number of hydrogen-bond acceptors (Lipinski definition) is 3. The van der Waals surface area contributed by atoms with Crippen LogP contribution in [0.1, 0.15) is 18.9 Å². The van der Waals surface area contributed by atoms with E-state index in [9.17, 15) is 14.0 Å². The minimum absolute atomic E-state index is 0.0481. The number of halogens is 1. The summed E-state index contributed by atoms with van der Waals surface area (Å²) in [5.41, 5.74) is 0.304. The smallest absolute Gasteiger partial charge is 0.167 e. The molecule has 0 spiro atoms. The molecule has 19 heavy (non-hydrogen) atoms. The van der Waals surface area contributed by atoms with E-state index < -0.39 is 5.82 Å². The van der Waals surface area contributed by atoms with Crippen molar-refractivity contribution in [1.29, 1.82) is 0 Å². The average Bonchev–Trinajstić information content (AvgIpc) is 2.34. The molecule has 4 heteroatoms. The van der Waals surface area contributed by atoms with Crippen LogP contribution < -0.4 is 0 Å². The van der Waals surface area contributed by atoms with Crippen LogP contribution in [-0.2, 0) is 9.59 Å². The number of ketones is 2. The van der Waals surface area contributed by atoms with E-state index in [0.29, 0.717) is 6.54 Å². The van der Waals surface area contributed by atoms with Gasteiger partial charge in [0.25, 0.3) is 0 Å². The fraction of sp³-hybridized carbons (Fsp3) is 0.333. The second kappa shape index (κ2) is 6.95. The molecule has 0 aromatic heterocycles. The minimum atomic E-state index is -0.443. The topological polar surface area (TPSA) is 37.4 Å². The van der Waals surface area contributed by atoms with Gasteiger partial charge in [-0.25, -0.2) is 4.39 Å². The van der Waals surface area contributed by atoms with Crippen LogP contribution in [0.2, 0.25) is 0 Å². The number of rotatable bonds is 6. The molecule has 1 aromatic rings. The van der Waals surface area contributed by atoms with E-state index in [1.165, 1.54) is 25.1 Å². The molecule has 0 aliphatic carbocycles. The van der Waals surface area contributed by atoms with Gasteiger partial charge in [-0.15, -0.1) is 0 Å². The lowest BCUT2D eigenvalue weighted by molar-refractivity contribution is -0.120. The molecule has 0 bridgehead atoms. The van der Waals surface area contributed by atoms with Crippen molar-refractivity contribution < 1.29 is 14.0 Å². The molecular weight excluding hydrogens is 245 g/mol. The number of benzene rings is 1. The third-order valence-electron chi connectivity index (χ3n) is 2.67. The second-order valence-electron chi connectivity index (χ2n) is 4.61. The maximum absolute atomic E-state index is 13.5. The lowest BCUT2D eigenvalue weighted by Gasteiger charge is -2.09. The molecule has 0 amide bonds.